The van der Waals surface area contributed by atoms with Crippen LogP contribution in [0, 0.1) is 17.6 Å². The molecule has 3 aromatic carbocycles. The lowest BCUT2D eigenvalue weighted by atomic mass is 9.87. The summed E-state index contributed by atoms with van der Waals surface area (Å²) in [6, 6.07) is 19.2. The number of aliphatic hydroxyl groups excluding tert-OH is 1. The first-order valence-corrected chi connectivity index (χ1v) is 17.3. The van der Waals surface area contributed by atoms with Crippen LogP contribution in [-0.2, 0) is 16.9 Å². The maximum Gasteiger partial charge on any atom is 0.350 e. The molecule has 1 unspecified atom stereocenters. The van der Waals surface area contributed by atoms with Gasteiger partial charge in [-0.1, -0.05) is 13.0 Å². The second kappa shape index (κ2) is 14.6. The van der Waals surface area contributed by atoms with E-state index in [0.717, 1.165) is 55.1 Å². The van der Waals surface area contributed by atoms with E-state index < -0.39 is 23.3 Å². The Morgan fingerprint density at radius 1 is 0.941 bits per heavy atom. The molecule has 14 heteroatoms. The van der Waals surface area contributed by atoms with Crippen molar-refractivity contribution in [3.05, 3.63) is 113 Å². The molecule has 0 radical (unpaired) electrons. The fourth-order valence-electron chi connectivity index (χ4n) is 7.24. The molecule has 0 saturated carbocycles. The van der Waals surface area contributed by atoms with Crippen molar-refractivity contribution in [1.82, 2.24) is 29.1 Å². The van der Waals surface area contributed by atoms with E-state index in [2.05, 4.69) is 37.1 Å². The van der Waals surface area contributed by atoms with Gasteiger partial charge in [0, 0.05) is 55.1 Å². The fraction of sp³-hybridized carbons (Fsp3) is 0.405. The van der Waals surface area contributed by atoms with Crippen LogP contribution >= 0.6 is 0 Å². The molecule has 4 atom stereocenters. The van der Waals surface area contributed by atoms with Crippen molar-refractivity contribution in [2.24, 2.45) is 5.92 Å². The van der Waals surface area contributed by atoms with Crippen molar-refractivity contribution in [2.75, 3.05) is 49.2 Å². The summed E-state index contributed by atoms with van der Waals surface area (Å²) in [5.41, 5.74) is 1.93. The molecule has 4 heterocycles. The Kier molecular flexibility index (Phi) is 9.87. The van der Waals surface area contributed by atoms with E-state index in [9.17, 15) is 18.7 Å². The quantitative estimate of drug-likeness (QED) is 0.200. The van der Waals surface area contributed by atoms with Crippen LogP contribution in [-0.4, -0.2) is 79.7 Å². The van der Waals surface area contributed by atoms with E-state index in [-0.39, 0.29) is 24.2 Å². The van der Waals surface area contributed by atoms with Crippen LogP contribution in [0.5, 0.6) is 5.75 Å². The van der Waals surface area contributed by atoms with Crippen LogP contribution in [0.3, 0.4) is 0 Å². The molecule has 268 valence electrons. The third kappa shape index (κ3) is 7.24. The molecule has 2 aliphatic heterocycles. The average Bonchev–Trinajstić information content (AvgIpc) is 3.90. The zero-order valence-electron chi connectivity index (χ0n) is 28.7. The van der Waals surface area contributed by atoms with Crippen LogP contribution in [0.2, 0.25) is 0 Å². The second-order valence-corrected chi connectivity index (χ2v) is 13.3. The number of rotatable bonds is 12. The van der Waals surface area contributed by atoms with Crippen molar-refractivity contribution in [3.8, 4) is 11.4 Å². The number of aliphatic hydroxyl groups is 1. The second-order valence-electron chi connectivity index (χ2n) is 13.3. The number of halogens is 2. The largest absolute Gasteiger partial charge is 0.493 e. The maximum absolute atomic E-state index is 15.0. The predicted molar refractivity (Wildman–Crippen MR) is 187 cm³/mol. The van der Waals surface area contributed by atoms with Gasteiger partial charge < -0.3 is 24.4 Å². The summed E-state index contributed by atoms with van der Waals surface area (Å²) in [6.07, 6.45) is 4.88. The standard InChI is InChI=1S/C37H42F2N8O4/c1-3-35(26(2)48)47-36(49)46(25-42-47)31-7-5-29(6-8-31)43-14-16-44(17-15-43)30-9-11-32(12-10-30)50-20-27-19-37(51-21-27,22-45-24-40-23-41-45)33-13-4-28(38)18-34(33)39/h4-13,18,23-27,35,48H,3,14-17,19-22H2,1-2H3/t26-,27+,35+,37?/m0/s1. The molecule has 2 aromatic heterocycles. The SMILES string of the molecule is CC[C@H]([C@H](C)O)n1ncn(-c2ccc(N3CCN(c4ccc(OC[C@@H]5COC(Cn6cncn6)(c6ccc(F)cc6F)C5)cc4)CC3)cc2)c1=O. The molecule has 12 nitrogen and oxygen atoms in total. The molecule has 51 heavy (non-hydrogen) atoms. The van der Waals surface area contributed by atoms with Crippen molar-refractivity contribution < 1.29 is 23.4 Å². The number of benzene rings is 3. The van der Waals surface area contributed by atoms with Crippen LogP contribution in [0.4, 0.5) is 20.2 Å². The molecule has 2 saturated heterocycles. The van der Waals surface area contributed by atoms with Gasteiger partial charge in [0.25, 0.3) is 0 Å². The topological polar surface area (TPSA) is 116 Å². The number of ether oxygens (including phenoxy) is 2. The van der Waals surface area contributed by atoms with Crippen molar-refractivity contribution in [3.63, 3.8) is 0 Å². The van der Waals surface area contributed by atoms with Gasteiger partial charge in [-0.05, 0) is 74.4 Å². The number of anilines is 2. The average molecular weight is 701 g/mol. The Balaban J connectivity index is 0.923. The van der Waals surface area contributed by atoms with Crippen molar-refractivity contribution >= 4 is 11.4 Å². The molecule has 2 aliphatic rings. The first kappa shape index (κ1) is 34.4. The van der Waals surface area contributed by atoms with Gasteiger partial charge in [-0.25, -0.2) is 32.5 Å². The molecule has 0 bridgehead atoms. The summed E-state index contributed by atoms with van der Waals surface area (Å²) in [4.78, 5) is 21.7. The first-order valence-electron chi connectivity index (χ1n) is 17.3. The summed E-state index contributed by atoms with van der Waals surface area (Å²) < 4.78 is 45.6. The number of nitrogens with zero attached hydrogens (tertiary/aromatic N) is 8. The van der Waals surface area contributed by atoms with E-state index >= 15 is 0 Å². The minimum absolute atomic E-state index is 0.0121. The Labute approximate surface area is 294 Å². The Hall–Kier alpha value is -5.08. The van der Waals surface area contributed by atoms with E-state index in [1.165, 1.54) is 34.0 Å². The van der Waals surface area contributed by atoms with Gasteiger partial charge >= 0.3 is 5.69 Å². The van der Waals surface area contributed by atoms with Gasteiger partial charge in [-0.2, -0.15) is 10.2 Å². The highest BCUT2D eigenvalue weighted by Gasteiger charge is 2.44. The number of aromatic nitrogens is 6. The summed E-state index contributed by atoms with van der Waals surface area (Å²) >= 11 is 0. The van der Waals surface area contributed by atoms with Gasteiger partial charge in [0.05, 0.1) is 37.6 Å². The third-order valence-electron chi connectivity index (χ3n) is 9.96. The number of piperazine rings is 1. The first-order chi connectivity index (χ1) is 24.7. The summed E-state index contributed by atoms with van der Waals surface area (Å²) in [7, 11) is 0. The van der Waals surface area contributed by atoms with Gasteiger partial charge in [0.15, 0.2) is 0 Å². The Morgan fingerprint density at radius 2 is 1.61 bits per heavy atom. The van der Waals surface area contributed by atoms with Gasteiger partial charge in [-0.15, -0.1) is 0 Å². The smallest absolute Gasteiger partial charge is 0.350 e. The lowest BCUT2D eigenvalue weighted by Gasteiger charge is -2.37. The highest BCUT2D eigenvalue weighted by Crippen LogP contribution is 2.42. The molecule has 1 N–H and O–H groups in total. The van der Waals surface area contributed by atoms with Crippen molar-refractivity contribution in [1.29, 1.82) is 0 Å². The zero-order valence-corrected chi connectivity index (χ0v) is 28.7. The third-order valence-corrected chi connectivity index (χ3v) is 9.96. The molecule has 2 fully saturated rings. The van der Waals surface area contributed by atoms with E-state index in [4.69, 9.17) is 9.47 Å². The van der Waals surface area contributed by atoms with E-state index in [1.54, 1.807) is 17.9 Å². The minimum Gasteiger partial charge on any atom is -0.493 e. The molecule has 5 aromatic rings. The lowest BCUT2D eigenvalue weighted by Crippen LogP contribution is -2.46. The molecule has 0 spiro atoms. The Morgan fingerprint density at radius 3 is 2.22 bits per heavy atom. The monoisotopic (exact) mass is 700 g/mol. The van der Waals surface area contributed by atoms with Gasteiger partial charge in [0.2, 0.25) is 0 Å². The van der Waals surface area contributed by atoms with E-state index in [0.29, 0.717) is 31.6 Å². The maximum atomic E-state index is 15.0. The minimum atomic E-state index is -1.02. The van der Waals surface area contributed by atoms with Crippen LogP contribution < -0.4 is 20.2 Å². The van der Waals surface area contributed by atoms with Crippen molar-refractivity contribution in [2.45, 2.75) is 51.0 Å². The summed E-state index contributed by atoms with van der Waals surface area (Å²) in [5, 5.41) is 18.5. The van der Waals surface area contributed by atoms with E-state index in [1.807, 2.05) is 43.3 Å². The fourth-order valence-corrected chi connectivity index (χ4v) is 7.24. The van der Waals surface area contributed by atoms with Crippen LogP contribution in [0.1, 0.15) is 38.3 Å². The lowest BCUT2D eigenvalue weighted by molar-refractivity contribution is -0.0206. The van der Waals surface area contributed by atoms with Crippen LogP contribution in [0.25, 0.3) is 5.69 Å². The summed E-state index contributed by atoms with van der Waals surface area (Å²) in [6.45, 7) is 7.97. The van der Waals surface area contributed by atoms with Gasteiger partial charge in [0.1, 0.15) is 42.0 Å². The highest BCUT2D eigenvalue weighted by molar-refractivity contribution is 5.54. The molecule has 0 amide bonds. The predicted octanol–water partition coefficient (Wildman–Crippen LogP) is 4.57. The number of hydrogen-bond donors (Lipinski definition) is 1. The number of hydrogen-bond acceptors (Lipinski definition) is 9. The Bertz CT molecular complexity index is 1960. The summed E-state index contributed by atoms with van der Waals surface area (Å²) in [5.74, 6) is -0.563. The van der Waals surface area contributed by atoms with Gasteiger partial charge in [-0.3, -0.25) is 0 Å². The molecular formula is C37H42F2N8O4. The highest BCUT2D eigenvalue weighted by atomic mass is 19.1. The molecule has 7 rings (SSSR count). The van der Waals surface area contributed by atoms with Crippen LogP contribution in [0.15, 0.2) is 90.5 Å². The molecule has 0 aliphatic carbocycles. The molecular weight excluding hydrogens is 658 g/mol. The normalized spacial score (nSPS) is 20.5. The zero-order chi connectivity index (χ0) is 35.5.